The van der Waals surface area contributed by atoms with Crippen molar-refractivity contribution in [3.05, 3.63) is 23.5 Å². The van der Waals surface area contributed by atoms with Gasteiger partial charge in [-0.25, -0.2) is 9.78 Å². The van der Waals surface area contributed by atoms with Gasteiger partial charge in [-0.1, -0.05) is 0 Å². The van der Waals surface area contributed by atoms with Gasteiger partial charge in [0.1, 0.15) is 5.60 Å². The number of fused-ring (bicyclic) bond motifs is 1. The van der Waals surface area contributed by atoms with Crippen LogP contribution < -0.4 is 16.0 Å². The van der Waals surface area contributed by atoms with Gasteiger partial charge in [-0.2, -0.15) is 0 Å². The molecule has 2 rings (SSSR count). The van der Waals surface area contributed by atoms with Crippen molar-refractivity contribution in [2.75, 3.05) is 13.6 Å². The molecule has 0 saturated carbocycles. The number of imidazole rings is 1. The number of nitrogens with one attached hydrogen (secondary N) is 3. The summed E-state index contributed by atoms with van der Waals surface area (Å²) in [5, 5.41) is 11.3. The quantitative estimate of drug-likeness (QED) is 0.328. The van der Waals surface area contributed by atoms with Crippen molar-refractivity contribution in [1.29, 1.82) is 0 Å². The van der Waals surface area contributed by atoms with Crippen molar-refractivity contribution in [3.63, 3.8) is 0 Å². The molecule has 2 aromatic heterocycles. The summed E-state index contributed by atoms with van der Waals surface area (Å²) in [5.74, 6) is 0.639. The highest BCUT2D eigenvalue weighted by Crippen LogP contribution is 2.11. The van der Waals surface area contributed by atoms with Crippen LogP contribution in [-0.4, -0.2) is 46.2 Å². The molecule has 0 unspecified atom stereocenters. The Morgan fingerprint density at radius 1 is 1.30 bits per heavy atom. The average molecular weight is 508 g/mol. The van der Waals surface area contributed by atoms with Crippen LogP contribution in [0.2, 0.25) is 0 Å². The van der Waals surface area contributed by atoms with E-state index >= 15 is 0 Å². The zero-order chi connectivity index (χ0) is 19.4. The second-order valence-electron chi connectivity index (χ2n) is 7.62. The lowest BCUT2D eigenvalue weighted by atomic mass is 10.1. The van der Waals surface area contributed by atoms with E-state index in [-0.39, 0.29) is 24.0 Å². The summed E-state index contributed by atoms with van der Waals surface area (Å²) in [4.78, 5) is 21.6. The molecular weight excluding hydrogens is 479 g/mol. The van der Waals surface area contributed by atoms with Crippen LogP contribution in [0.5, 0.6) is 0 Å². The van der Waals surface area contributed by atoms with Crippen LogP contribution in [0.3, 0.4) is 0 Å². The third-order valence-corrected chi connectivity index (χ3v) is 4.11. The Morgan fingerprint density at radius 2 is 2.00 bits per heavy atom. The number of carbonyl (C=O) groups excluding carboxylic acids is 1. The highest BCUT2D eigenvalue weighted by Gasteiger charge is 2.24. The van der Waals surface area contributed by atoms with Gasteiger partial charge in [0.05, 0.1) is 17.8 Å². The van der Waals surface area contributed by atoms with E-state index in [9.17, 15) is 4.79 Å². The number of thiazole rings is 1. The third kappa shape index (κ3) is 7.91. The predicted octanol–water partition coefficient (Wildman–Crippen LogP) is 2.98. The molecule has 3 N–H and O–H groups in total. The molecule has 0 aliphatic rings. The number of guanidine groups is 1. The molecule has 1 amide bonds. The summed E-state index contributed by atoms with van der Waals surface area (Å²) in [6.07, 6.45) is 3.53. The van der Waals surface area contributed by atoms with E-state index in [0.717, 1.165) is 10.7 Å². The summed E-state index contributed by atoms with van der Waals surface area (Å²) in [6, 6.07) is 0. The Morgan fingerprint density at radius 3 is 2.59 bits per heavy atom. The van der Waals surface area contributed by atoms with Crippen LogP contribution in [0.15, 0.2) is 22.8 Å². The molecule has 0 bridgehead atoms. The first-order valence-electron chi connectivity index (χ1n) is 8.45. The number of carbonyl (C=O) groups is 1. The van der Waals surface area contributed by atoms with Crippen molar-refractivity contribution >= 4 is 52.3 Å². The zero-order valence-electron chi connectivity index (χ0n) is 16.6. The third-order valence-electron chi connectivity index (χ3n) is 3.34. The molecule has 152 valence electrons. The summed E-state index contributed by atoms with van der Waals surface area (Å²) in [5.41, 5.74) is -0.0913. The second-order valence-corrected chi connectivity index (χ2v) is 8.49. The molecular formula is C17H29IN6O2S. The van der Waals surface area contributed by atoms with Crippen molar-refractivity contribution in [3.8, 4) is 0 Å². The first kappa shape index (κ1) is 23.5. The van der Waals surface area contributed by atoms with Gasteiger partial charge in [0, 0.05) is 31.4 Å². The largest absolute Gasteiger partial charge is 0.444 e. The van der Waals surface area contributed by atoms with Gasteiger partial charge in [0.2, 0.25) is 0 Å². The SMILES string of the molecule is CN=C(NCc1cn2ccsc2n1)NCC(C)(C)NC(=O)OC(C)(C)C.I. The van der Waals surface area contributed by atoms with Crippen LogP contribution in [0.1, 0.15) is 40.3 Å². The maximum atomic E-state index is 11.9. The van der Waals surface area contributed by atoms with E-state index < -0.39 is 17.2 Å². The van der Waals surface area contributed by atoms with E-state index in [1.807, 2.05) is 56.8 Å². The van der Waals surface area contributed by atoms with E-state index in [2.05, 4.69) is 25.9 Å². The number of nitrogens with zero attached hydrogens (tertiary/aromatic N) is 3. The lowest BCUT2D eigenvalue weighted by molar-refractivity contribution is 0.0474. The molecule has 2 heterocycles. The van der Waals surface area contributed by atoms with Crippen molar-refractivity contribution in [2.24, 2.45) is 4.99 Å². The molecule has 0 aliphatic carbocycles. The van der Waals surface area contributed by atoms with Crippen molar-refractivity contribution in [2.45, 2.75) is 52.3 Å². The van der Waals surface area contributed by atoms with Crippen LogP contribution in [0, 0.1) is 0 Å². The van der Waals surface area contributed by atoms with Crippen molar-refractivity contribution < 1.29 is 9.53 Å². The van der Waals surface area contributed by atoms with Crippen molar-refractivity contribution in [1.82, 2.24) is 25.3 Å². The van der Waals surface area contributed by atoms with E-state index in [1.165, 1.54) is 0 Å². The normalized spacial score (nSPS) is 12.4. The first-order valence-corrected chi connectivity index (χ1v) is 9.33. The van der Waals surface area contributed by atoms with Gasteiger partial charge >= 0.3 is 6.09 Å². The molecule has 2 aromatic rings. The molecule has 0 aliphatic heterocycles. The number of halogens is 1. The molecule has 0 aromatic carbocycles. The molecule has 0 spiro atoms. The molecule has 0 fully saturated rings. The average Bonchev–Trinajstić information content (AvgIpc) is 3.05. The van der Waals surface area contributed by atoms with Gasteiger partial charge in [-0.3, -0.25) is 9.39 Å². The van der Waals surface area contributed by atoms with Crippen LogP contribution >= 0.6 is 35.3 Å². The summed E-state index contributed by atoms with van der Waals surface area (Å²) >= 11 is 1.60. The van der Waals surface area contributed by atoms with E-state index in [0.29, 0.717) is 19.0 Å². The summed E-state index contributed by atoms with van der Waals surface area (Å²) in [7, 11) is 1.70. The fourth-order valence-electron chi connectivity index (χ4n) is 2.18. The Bertz CT molecular complexity index is 749. The Balaban J connectivity index is 0.00000364. The maximum Gasteiger partial charge on any atom is 0.408 e. The first-order chi connectivity index (χ1) is 12.1. The van der Waals surface area contributed by atoms with Gasteiger partial charge in [-0.15, -0.1) is 35.3 Å². The maximum absolute atomic E-state index is 11.9. The minimum Gasteiger partial charge on any atom is -0.444 e. The van der Waals surface area contributed by atoms with Gasteiger partial charge in [-0.05, 0) is 34.6 Å². The topological polar surface area (TPSA) is 92.0 Å². The minimum atomic E-state index is -0.524. The standard InChI is InChI=1S/C17H28N6O2S.HI/c1-16(2,3)25-15(24)22-17(4,5)11-20-13(18-6)19-9-12-10-23-7-8-26-14(23)21-12;/h7-8,10H,9,11H2,1-6H3,(H,22,24)(H2,18,19,20);1H. The monoisotopic (exact) mass is 508 g/mol. The van der Waals surface area contributed by atoms with Gasteiger partial charge in [0.25, 0.3) is 0 Å². The Kier molecular flexibility index (Phi) is 8.33. The summed E-state index contributed by atoms with van der Waals surface area (Å²) in [6.45, 7) is 10.4. The number of aromatic nitrogens is 2. The fraction of sp³-hybridized carbons (Fsp3) is 0.588. The molecule has 8 nitrogen and oxygen atoms in total. The zero-order valence-corrected chi connectivity index (χ0v) is 19.8. The van der Waals surface area contributed by atoms with Crippen LogP contribution in [0.25, 0.3) is 4.96 Å². The number of ether oxygens (including phenoxy) is 1. The number of alkyl carbamates (subject to hydrolysis) is 1. The molecule has 10 heteroatoms. The van der Waals surface area contributed by atoms with Gasteiger partial charge in [0.15, 0.2) is 10.9 Å². The van der Waals surface area contributed by atoms with Gasteiger partial charge < -0.3 is 20.7 Å². The smallest absolute Gasteiger partial charge is 0.408 e. The van der Waals surface area contributed by atoms with Crippen LogP contribution in [-0.2, 0) is 11.3 Å². The number of amides is 1. The number of hydrogen-bond donors (Lipinski definition) is 3. The van der Waals surface area contributed by atoms with E-state index in [4.69, 9.17) is 4.74 Å². The molecule has 27 heavy (non-hydrogen) atoms. The van der Waals surface area contributed by atoms with E-state index in [1.54, 1.807) is 18.4 Å². The second kappa shape index (κ2) is 9.58. The molecule has 0 atom stereocenters. The lowest BCUT2D eigenvalue weighted by Crippen LogP contribution is -2.54. The highest BCUT2D eigenvalue weighted by molar-refractivity contribution is 14.0. The Hall–Kier alpha value is -1.56. The number of hydrogen-bond acceptors (Lipinski definition) is 5. The fourth-order valence-corrected chi connectivity index (χ4v) is 2.90. The lowest BCUT2D eigenvalue weighted by Gasteiger charge is -2.29. The van der Waals surface area contributed by atoms with Crippen LogP contribution in [0.4, 0.5) is 4.79 Å². The summed E-state index contributed by atoms with van der Waals surface area (Å²) < 4.78 is 7.29. The highest BCUT2D eigenvalue weighted by atomic mass is 127. The molecule has 0 radical (unpaired) electrons. The number of aliphatic imine (C=N–C) groups is 1. The minimum absolute atomic E-state index is 0. The predicted molar refractivity (Wildman–Crippen MR) is 120 cm³/mol. The number of rotatable bonds is 5. The Labute approximate surface area is 181 Å². The molecule has 0 saturated heterocycles.